The van der Waals surface area contributed by atoms with E-state index < -0.39 is 6.10 Å². The van der Waals surface area contributed by atoms with Crippen molar-refractivity contribution in [3.05, 3.63) is 68.6 Å². The van der Waals surface area contributed by atoms with Crippen LogP contribution in [0.4, 0.5) is 0 Å². The van der Waals surface area contributed by atoms with E-state index in [2.05, 4.69) is 4.98 Å². The Morgan fingerprint density at radius 1 is 1.28 bits per heavy atom. The summed E-state index contributed by atoms with van der Waals surface area (Å²) in [6.45, 7) is 4.84. The minimum atomic E-state index is -0.496. The number of benzene rings is 1. The summed E-state index contributed by atoms with van der Waals surface area (Å²) in [5.41, 5.74) is 2.90. The van der Waals surface area contributed by atoms with Gasteiger partial charge in [0.05, 0.1) is 6.10 Å². The van der Waals surface area contributed by atoms with E-state index in [1.165, 1.54) is 0 Å². The van der Waals surface area contributed by atoms with E-state index >= 15 is 0 Å². The number of nitrogens with zero attached hydrogens (tertiary/aromatic N) is 2. The number of carbonyl (C=O) groups excluding carboxylic acids is 1. The van der Waals surface area contributed by atoms with Gasteiger partial charge in [-0.2, -0.15) is 5.26 Å². The minimum Gasteiger partial charge on any atom is -0.388 e. The van der Waals surface area contributed by atoms with Gasteiger partial charge in [0.1, 0.15) is 11.6 Å². The van der Waals surface area contributed by atoms with Crippen LogP contribution in [0.5, 0.6) is 0 Å². The Bertz CT molecular complexity index is 967. The van der Waals surface area contributed by atoms with Gasteiger partial charge in [0, 0.05) is 25.2 Å². The first-order valence-corrected chi connectivity index (χ1v) is 10.1. The molecule has 0 bridgehead atoms. The number of nitriles is 1. The molecule has 1 atom stereocenters. The highest BCUT2D eigenvalue weighted by Crippen LogP contribution is 2.30. The van der Waals surface area contributed by atoms with E-state index in [0.29, 0.717) is 37.2 Å². The van der Waals surface area contributed by atoms with Crippen LogP contribution in [0.15, 0.2) is 35.1 Å². The minimum absolute atomic E-state index is 0.0705. The third-order valence-electron chi connectivity index (χ3n) is 5.99. The van der Waals surface area contributed by atoms with Crippen molar-refractivity contribution in [3.8, 4) is 6.07 Å². The van der Waals surface area contributed by atoms with Crippen LogP contribution in [0.3, 0.4) is 0 Å². The molecule has 1 aromatic carbocycles. The number of aliphatic hydroxyl groups excluding tert-OH is 1. The number of aromatic nitrogens is 1. The number of aromatic amines is 1. The zero-order valence-corrected chi connectivity index (χ0v) is 16.9. The van der Waals surface area contributed by atoms with Gasteiger partial charge in [0.15, 0.2) is 0 Å². The van der Waals surface area contributed by atoms with Crippen molar-refractivity contribution in [1.29, 1.82) is 5.26 Å². The topological polar surface area (TPSA) is 97.2 Å². The number of aryl methyl sites for hydroxylation is 1. The maximum absolute atomic E-state index is 12.7. The van der Waals surface area contributed by atoms with Crippen molar-refractivity contribution in [1.82, 2.24) is 9.88 Å². The lowest BCUT2D eigenvalue weighted by atomic mass is 9.87. The monoisotopic (exact) mass is 393 g/mol. The molecule has 1 aliphatic rings. The van der Waals surface area contributed by atoms with Crippen molar-refractivity contribution >= 4 is 5.91 Å². The number of likely N-dealkylation sites (tertiary alicyclic amines) is 1. The molecule has 1 aromatic heterocycles. The fraction of sp³-hybridized carbons (Fsp3) is 0.435. The van der Waals surface area contributed by atoms with Gasteiger partial charge in [-0.25, -0.2) is 0 Å². The van der Waals surface area contributed by atoms with E-state index in [4.69, 9.17) is 0 Å². The Kier molecular flexibility index (Phi) is 6.50. The number of H-pyrrole nitrogens is 1. The highest BCUT2D eigenvalue weighted by molar-refractivity contribution is 5.76. The van der Waals surface area contributed by atoms with Crippen LogP contribution < -0.4 is 5.56 Å². The normalized spacial score (nSPS) is 15.7. The highest BCUT2D eigenvalue weighted by Gasteiger charge is 2.28. The summed E-state index contributed by atoms with van der Waals surface area (Å²) < 4.78 is 0. The molecule has 1 aliphatic heterocycles. The number of aliphatic hydroxyl groups is 1. The molecule has 1 unspecified atom stereocenters. The summed E-state index contributed by atoms with van der Waals surface area (Å²) >= 11 is 0. The quantitative estimate of drug-likeness (QED) is 0.816. The number of hydrogen-bond acceptors (Lipinski definition) is 4. The van der Waals surface area contributed by atoms with Crippen LogP contribution in [0.2, 0.25) is 0 Å². The third-order valence-corrected chi connectivity index (χ3v) is 5.99. The number of pyridine rings is 1. The number of rotatable bonds is 5. The second-order valence-corrected chi connectivity index (χ2v) is 7.74. The van der Waals surface area contributed by atoms with E-state index in [0.717, 1.165) is 24.0 Å². The molecule has 1 amide bonds. The van der Waals surface area contributed by atoms with Crippen molar-refractivity contribution in [2.75, 3.05) is 13.1 Å². The maximum Gasteiger partial charge on any atom is 0.266 e. The lowest BCUT2D eigenvalue weighted by Gasteiger charge is -2.34. The van der Waals surface area contributed by atoms with Gasteiger partial charge < -0.3 is 15.0 Å². The second-order valence-electron chi connectivity index (χ2n) is 7.74. The predicted molar refractivity (Wildman–Crippen MR) is 110 cm³/mol. The van der Waals surface area contributed by atoms with Gasteiger partial charge >= 0.3 is 0 Å². The average Bonchev–Trinajstić information content (AvgIpc) is 2.73. The van der Waals surface area contributed by atoms with Crippen LogP contribution in [0.25, 0.3) is 0 Å². The molecule has 0 aliphatic carbocycles. The van der Waals surface area contributed by atoms with Crippen LogP contribution in [0, 0.1) is 31.1 Å². The summed E-state index contributed by atoms with van der Waals surface area (Å²) in [6, 6.07) is 11.6. The molecule has 29 heavy (non-hydrogen) atoms. The van der Waals surface area contributed by atoms with Crippen molar-refractivity contribution in [2.24, 2.45) is 5.92 Å². The molecule has 0 saturated carbocycles. The number of hydrogen-bond donors (Lipinski definition) is 2. The smallest absolute Gasteiger partial charge is 0.266 e. The lowest BCUT2D eigenvalue weighted by molar-refractivity contribution is -0.133. The first-order chi connectivity index (χ1) is 13.9. The molecular weight excluding hydrogens is 366 g/mol. The SMILES string of the molecule is Cc1[nH]c(=O)c(C#N)c(C)c1CCC(=O)N1CCC(C(O)c2ccccc2)CC1. The predicted octanol–water partition coefficient (Wildman–Crippen LogP) is 2.77. The molecule has 6 nitrogen and oxygen atoms in total. The van der Waals surface area contributed by atoms with Gasteiger partial charge in [-0.3, -0.25) is 9.59 Å². The van der Waals surface area contributed by atoms with Crippen LogP contribution in [-0.4, -0.2) is 34.0 Å². The zero-order chi connectivity index (χ0) is 21.0. The molecule has 2 heterocycles. The summed E-state index contributed by atoms with van der Waals surface area (Å²) in [6.07, 6.45) is 1.89. The highest BCUT2D eigenvalue weighted by atomic mass is 16.3. The maximum atomic E-state index is 12.7. The molecule has 1 saturated heterocycles. The summed E-state index contributed by atoms with van der Waals surface area (Å²) in [5, 5.41) is 19.8. The van der Waals surface area contributed by atoms with Gasteiger partial charge in [0.25, 0.3) is 5.56 Å². The molecule has 152 valence electrons. The van der Waals surface area contributed by atoms with Crippen molar-refractivity contribution in [2.45, 2.75) is 45.6 Å². The van der Waals surface area contributed by atoms with E-state index in [9.17, 15) is 20.0 Å². The van der Waals surface area contributed by atoms with Gasteiger partial charge in [-0.1, -0.05) is 30.3 Å². The molecular formula is C23H27N3O3. The van der Waals surface area contributed by atoms with Crippen LogP contribution in [-0.2, 0) is 11.2 Å². The van der Waals surface area contributed by atoms with E-state index in [1.54, 1.807) is 13.8 Å². The molecule has 2 aromatic rings. The molecule has 0 radical (unpaired) electrons. The molecule has 2 N–H and O–H groups in total. The van der Waals surface area contributed by atoms with E-state index in [1.807, 2.05) is 41.3 Å². The van der Waals surface area contributed by atoms with Gasteiger partial charge in [-0.05, 0) is 55.7 Å². The van der Waals surface area contributed by atoms with Crippen LogP contribution >= 0.6 is 0 Å². The Morgan fingerprint density at radius 3 is 2.55 bits per heavy atom. The second kappa shape index (κ2) is 9.06. The van der Waals surface area contributed by atoms with Crippen LogP contribution in [0.1, 0.15) is 53.3 Å². The molecule has 0 spiro atoms. The third kappa shape index (κ3) is 4.57. The number of piperidine rings is 1. The number of carbonyl (C=O) groups is 1. The van der Waals surface area contributed by atoms with Gasteiger partial charge in [-0.15, -0.1) is 0 Å². The Morgan fingerprint density at radius 2 is 1.93 bits per heavy atom. The average molecular weight is 393 g/mol. The van der Waals surface area contributed by atoms with Crippen molar-refractivity contribution < 1.29 is 9.90 Å². The fourth-order valence-electron chi connectivity index (χ4n) is 4.20. The van der Waals surface area contributed by atoms with Crippen molar-refractivity contribution in [3.63, 3.8) is 0 Å². The fourth-order valence-corrected chi connectivity index (χ4v) is 4.20. The number of nitrogens with one attached hydrogen (secondary N) is 1. The summed E-state index contributed by atoms with van der Waals surface area (Å²) in [4.78, 5) is 29.1. The number of amides is 1. The summed E-state index contributed by atoms with van der Waals surface area (Å²) in [5.74, 6) is 0.226. The summed E-state index contributed by atoms with van der Waals surface area (Å²) in [7, 11) is 0. The Balaban J connectivity index is 1.57. The Hall–Kier alpha value is -2.91. The molecule has 1 fully saturated rings. The zero-order valence-electron chi connectivity index (χ0n) is 16.9. The Labute approximate surface area is 170 Å². The first kappa shape index (κ1) is 20.8. The lowest BCUT2D eigenvalue weighted by Crippen LogP contribution is -2.40. The molecule has 6 heteroatoms. The van der Waals surface area contributed by atoms with Gasteiger partial charge in [0.2, 0.25) is 5.91 Å². The molecule has 3 rings (SSSR count). The standard InChI is InChI=1S/C23H27N3O3/c1-15-19(16(2)25-23(29)20(15)14-24)8-9-21(27)26-12-10-18(11-13-26)22(28)17-6-4-3-5-7-17/h3-7,18,22,28H,8-13H2,1-2H3,(H,25,29). The largest absolute Gasteiger partial charge is 0.388 e. The van der Waals surface area contributed by atoms with E-state index in [-0.39, 0.29) is 22.9 Å². The first-order valence-electron chi connectivity index (χ1n) is 10.1.